The van der Waals surface area contributed by atoms with Gasteiger partial charge in [0.15, 0.2) is 0 Å². The molecule has 0 aromatic rings. The van der Waals surface area contributed by atoms with Crippen molar-refractivity contribution in [3.8, 4) is 0 Å². The lowest BCUT2D eigenvalue weighted by Gasteiger charge is -2.20. The molecule has 0 saturated carbocycles. The highest BCUT2D eigenvalue weighted by atomic mass is 33.5. The maximum Gasteiger partial charge on any atom is 0.0597 e. The van der Waals surface area contributed by atoms with Gasteiger partial charge in [-0.25, -0.2) is 0 Å². The van der Waals surface area contributed by atoms with Gasteiger partial charge in [-0.2, -0.15) is 0 Å². The molecule has 1 rings (SSSR count). The highest BCUT2D eigenvalue weighted by Crippen LogP contribution is 2.53. The van der Waals surface area contributed by atoms with Gasteiger partial charge in [0.1, 0.15) is 0 Å². The van der Waals surface area contributed by atoms with Gasteiger partial charge in [-0.3, -0.25) is 0 Å². The molecular weight excluding hydrogens is 176 g/mol. The van der Waals surface area contributed by atoms with Crippen molar-refractivity contribution in [2.45, 2.75) is 23.0 Å². The van der Waals surface area contributed by atoms with Crippen LogP contribution in [0.1, 0.15) is 13.8 Å². The fourth-order valence-electron chi connectivity index (χ4n) is 0.449. The first-order valence-electron chi connectivity index (χ1n) is 2.43. The van der Waals surface area contributed by atoms with Crippen molar-refractivity contribution in [3.63, 3.8) is 0 Å². The van der Waals surface area contributed by atoms with Crippen molar-refractivity contribution in [2.24, 2.45) is 0 Å². The van der Waals surface area contributed by atoms with E-state index in [4.69, 9.17) is 0 Å². The van der Waals surface area contributed by atoms with Crippen molar-refractivity contribution in [1.82, 2.24) is 0 Å². The first kappa shape index (κ1) is 7.51. The lowest BCUT2D eigenvalue weighted by atomic mass is 10.9. The van der Waals surface area contributed by atoms with Crippen LogP contribution >= 0.6 is 43.2 Å². The number of hydrogen-bond donors (Lipinski definition) is 0. The summed E-state index contributed by atoms with van der Waals surface area (Å²) >= 11 is 2.05. The van der Waals surface area contributed by atoms with E-state index in [0.717, 1.165) is 9.16 Å². The van der Waals surface area contributed by atoms with Gasteiger partial charge >= 0.3 is 0 Å². The van der Waals surface area contributed by atoms with Gasteiger partial charge in [0.2, 0.25) is 0 Å². The lowest BCUT2D eigenvalue weighted by molar-refractivity contribution is 1.36. The maximum absolute atomic E-state index is 2.26. The Balaban J connectivity index is 2.23. The fourth-order valence-corrected chi connectivity index (χ4v) is 8.58. The third kappa shape index (κ3) is 2.33. The smallest absolute Gasteiger partial charge is 0.0597 e. The average molecular weight is 184 g/mol. The molecule has 48 valence electrons. The second-order valence-corrected chi connectivity index (χ2v) is 8.54. The molecule has 0 amide bonds. The minimum atomic E-state index is 0.788. The standard InChI is InChI=1S/C4H8S4/c1-3-5-4(2)7-8-6-3/h3-4H,1-2H3/t3-,4-/m0/s1. The predicted molar refractivity (Wildman–Crippen MR) is 49.3 cm³/mol. The molecule has 0 aromatic carbocycles. The van der Waals surface area contributed by atoms with Crippen LogP contribution in [0.4, 0.5) is 0 Å². The fraction of sp³-hybridized carbons (Fsp3) is 1.00. The average Bonchev–Trinajstić information content (AvgIpc) is 1.64. The Labute approximate surface area is 66.1 Å². The Kier molecular flexibility index (Phi) is 3.32. The third-order valence-corrected chi connectivity index (χ3v) is 7.79. The van der Waals surface area contributed by atoms with Gasteiger partial charge < -0.3 is 0 Å². The van der Waals surface area contributed by atoms with Crippen LogP contribution < -0.4 is 0 Å². The Morgan fingerprint density at radius 3 is 1.75 bits per heavy atom. The van der Waals surface area contributed by atoms with E-state index < -0.39 is 0 Å². The molecular formula is C4H8S4. The minimum absolute atomic E-state index is 0.788. The summed E-state index contributed by atoms with van der Waals surface area (Å²) in [5.74, 6) is 0. The molecule has 4 heteroatoms. The zero-order valence-corrected chi connectivity index (χ0v) is 8.05. The second-order valence-electron chi connectivity index (χ2n) is 1.53. The maximum atomic E-state index is 2.26. The second kappa shape index (κ2) is 3.54. The van der Waals surface area contributed by atoms with Crippen molar-refractivity contribution in [1.29, 1.82) is 0 Å². The van der Waals surface area contributed by atoms with E-state index in [1.54, 1.807) is 0 Å². The molecule has 0 aromatic heterocycles. The van der Waals surface area contributed by atoms with E-state index in [1.165, 1.54) is 0 Å². The Morgan fingerprint density at radius 1 is 1.00 bits per heavy atom. The van der Waals surface area contributed by atoms with Gasteiger partial charge in [0, 0.05) is 0 Å². The summed E-state index contributed by atoms with van der Waals surface area (Å²) in [6.07, 6.45) is 0. The topological polar surface area (TPSA) is 0 Å². The van der Waals surface area contributed by atoms with Crippen LogP contribution in [0.3, 0.4) is 0 Å². The molecule has 0 radical (unpaired) electrons. The highest BCUT2D eigenvalue weighted by molar-refractivity contribution is 9.11. The lowest BCUT2D eigenvalue weighted by Crippen LogP contribution is -1.97. The van der Waals surface area contributed by atoms with Gasteiger partial charge in [0.25, 0.3) is 0 Å². The molecule has 0 N–H and O–H groups in total. The largest absolute Gasteiger partial charge is 0.132 e. The molecule has 8 heavy (non-hydrogen) atoms. The SMILES string of the molecule is C[C@@H]1SSS[C@@H](C)S1. The summed E-state index contributed by atoms with van der Waals surface area (Å²) in [7, 11) is 5.85. The number of hydrogen-bond acceptors (Lipinski definition) is 4. The van der Waals surface area contributed by atoms with Crippen LogP contribution in [0, 0.1) is 0 Å². The van der Waals surface area contributed by atoms with E-state index in [-0.39, 0.29) is 0 Å². The summed E-state index contributed by atoms with van der Waals surface area (Å²) in [5.41, 5.74) is 0. The summed E-state index contributed by atoms with van der Waals surface area (Å²) < 4.78 is 1.58. The predicted octanol–water partition coefficient (Wildman–Crippen LogP) is 3.45. The van der Waals surface area contributed by atoms with Crippen molar-refractivity contribution in [3.05, 3.63) is 0 Å². The molecule has 1 heterocycles. The molecule has 1 fully saturated rings. The van der Waals surface area contributed by atoms with Crippen LogP contribution in [-0.2, 0) is 0 Å². The van der Waals surface area contributed by atoms with E-state index >= 15 is 0 Å². The van der Waals surface area contributed by atoms with E-state index in [0.29, 0.717) is 0 Å². The molecule has 0 nitrogen and oxygen atoms in total. The van der Waals surface area contributed by atoms with Crippen LogP contribution in [0.25, 0.3) is 0 Å². The van der Waals surface area contributed by atoms with Gasteiger partial charge in [-0.1, -0.05) is 21.6 Å². The van der Waals surface area contributed by atoms with Gasteiger partial charge in [-0.05, 0) is 23.7 Å². The molecule has 0 aliphatic carbocycles. The van der Waals surface area contributed by atoms with Crippen molar-refractivity contribution < 1.29 is 0 Å². The minimum Gasteiger partial charge on any atom is -0.132 e. The van der Waals surface area contributed by atoms with Gasteiger partial charge in [0.05, 0.1) is 9.16 Å². The first-order chi connectivity index (χ1) is 3.79. The quantitative estimate of drug-likeness (QED) is 0.529. The van der Waals surface area contributed by atoms with Crippen LogP contribution in [0.2, 0.25) is 0 Å². The van der Waals surface area contributed by atoms with E-state index in [2.05, 4.69) is 13.8 Å². The summed E-state index contributed by atoms with van der Waals surface area (Å²) in [6.45, 7) is 4.52. The van der Waals surface area contributed by atoms with Crippen LogP contribution in [0.15, 0.2) is 0 Å². The Bertz CT molecular complexity index is 66.4. The number of rotatable bonds is 0. The normalized spacial score (nSPS) is 39.8. The van der Waals surface area contributed by atoms with E-state index in [9.17, 15) is 0 Å². The molecule has 1 aliphatic heterocycles. The Hall–Kier alpha value is 1.40. The molecule has 2 atom stereocenters. The molecule has 1 aliphatic rings. The van der Waals surface area contributed by atoms with Crippen LogP contribution in [0.5, 0.6) is 0 Å². The van der Waals surface area contributed by atoms with Gasteiger partial charge in [-0.15, -0.1) is 11.8 Å². The molecule has 0 bridgehead atoms. The van der Waals surface area contributed by atoms with E-state index in [1.807, 2.05) is 43.2 Å². The zero-order valence-electron chi connectivity index (χ0n) is 4.79. The summed E-state index contributed by atoms with van der Waals surface area (Å²) in [6, 6.07) is 0. The molecule has 1 saturated heterocycles. The zero-order chi connectivity index (χ0) is 5.98. The monoisotopic (exact) mass is 184 g/mol. The molecule has 0 spiro atoms. The first-order valence-corrected chi connectivity index (χ1v) is 6.98. The summed E-state index contributed by atoms with van der Waals surface area (Å²) in [5, 5.41) is 0. The van der Waals surface area contributed by atoms with Crippen LogP contribution in [-0.4, -0.2) is 9.16 Å². The summed E-state index contributed by atoms with van der Waals surface area (Å²) in [4.78, 5) is 0. The van der Waals surface area contributed by atoms with Crippen molar-refractivity contribution in [2.75, 3.05) is 0 Å². The molecule has 0 unspecified atom stereocenters. The van der Waals surface area contributed by atoms with Crippen molar-refractivity contribution >= 4 is 43.2 Å². The number of thioether (sulfide) groups is 1. The Morgan fingerprint density at radius 2 is 1.50 bits per heavy atom. The third-order valence-electron chi connectivity index (χ3n) is 0.733. The highest BCUT2D eigenvalue weighted by Gasteiger charge is 2.16.